The van der Waals surface area contributed by atoms with Gasteiger partial charge in [0.05, 0.1) is 16.6 Å². The molecule has 1 unspecified atom stereocenters. The molecule has 0 radical (unpaired) electrons. The molecule has 0 spiro atoms. The summed E-state index contributed by atoms with van der Waals surface area (Å²) >= 11 is 11.4. The van der Waals surface area contributed by atoms with Crippen LogP contribution in [0.2, 0.25) is 10.6 Å². The molecule has 1 atom stereocenters. The number of hydrogen-bond acceptors (Lipinski definition) is 14. The van der Waals surface area contributed by atoms with Crippen LogP contribution >= 0.6 is 23.2 Å². The molecule has 23 heteroatoms. The largest absolute Gasteiger partial charge is 1.00 e. The van der Waals surface area contributed by atoms with E-state index in [1.54, 1.807) is 0 Å². The van der Waals surface area contributed by atoms with Gasteiger partial charge in [-0.2, -0.15) is 52.1 Å². The van der Waals surface area contributed by atoms with Crippen molar-refractivity contribution in [2.45, 2.75) is 15.8 Å². The van der Waals surface area contributed by atoms with Crippen LogP contribution in [0, 0.1) is 0 Å². The number of nitrogens with zero attached hydrogens (tertiary/aromatic N) is 7. The van der Waals surface area contributed by atoms with E-state index in [9.17, 15) is 36.1 Å². The fourth-order valence-corrected chi connectivity index (χ4v) is 4.62. The maximum absolute atomic E-state index is 12.9. The Kier molecular flexibility index (Phi) is 12.1. The predicted molar refractivity (Wildman–Crippen MR) is 134 cm³/mol. The summed E-state index contributed by atoms with van der Waals surface area (Å²) in [4.78, 5) is 34.5. The van der Waals surface area contributed by atoms with Crippen LogP contribution in [0.1, 0.15) is 0 Å². The molecule has 3 N–H and O–H groups in total. The van der Waals surface area contributed by atoms with E-state index in [-0.39, 0.29) is 87.0 Å². The van der Waals surface area contributed by atoms with Crippen molar-refractivity contribution in [1.29, 1.82) is 0 Å². The quantitative estimate of drug-likeness (QED) is 0.115. The molecular formula is C19H11Cl2N8Na2O9S2+. The molecule has 4 rings (SSSR count). The van der Waals surface area contributed by atoms with E-state index in [2.05, 4.69) is 35.6 Å². The number of rotatable bonds is 8. The number of hydrazone groups is 1. The fourth-order valence-electron chi connectivity index (χ4n) is 3.17. The minimum absolute atomic E-state index is 0. The van der Waals surface area contributed by atoms with Crippen LogP contribution in [0.15, 0.2) is 67.6 Å². The number of carbonyl (C=O) groups is 2. The Morgan fingerprint density at radius 3 is 2.07 bits per heavy atom. The van der Waals surface area contributed by atoms with Gasteiger partial charge >= 0.3 is 59.1 Å². The van der Waals surface area contributed by atoms with Crippen molar-refractivity contribution in [1.82, 2.24) is 15.0 Å². The van der Waals surface area contributed by atoms with Crippen LogP contribution < -0.4 is 74.5 Å². The van der Waals surface area contributed by atoms with Crippen LogP contribution in [0.4, 0.5) is 23.0 Å². The maximum Gasteiger partial charge on any atom is 1.00 e. The zero-order chi connectivity index (χ0) is 29.4. The smallest absolute Gasteiger partial charge is 0.543 e. The van der Waals surface area contributed by atoms with Gasteiger partial charge in [-0.3, -0.25) is 13.9 Å². The minimum atomic E-state index is -4.88. The molecule has 17 nitrogen and oxygen atoms in total. The number of carboxylic acids is 1. The number of benzene rings is 2. The summed E-state index contributed by atoms with van der Waals surface area (Å²) in [7, 11) is -9.43. The number of nitrogens with one attached hydrogen (secondary N) is 1. The molecule has 3 aromatic rings. The zero-order valence-electron chi connectivity index (χ0n) is 21.1. The van der Waals surface area contributed by atoms with E-state index in [0.29, 0.717) is 5.01 Å². The molecule has 0 fully saturated rings. The molecule has 1 amide bonds. The molecule has 208 valence electrons. The predicted octanol–water partition coefficient (Wildman–Crippen LogP) is -4.97. The van der Waals surface area contributed by atoms with Gasteiger partial charge in [0.1, 0.15) is 16.3 Å². The van der Waals surface area contributed by atoms with Crippen LogP contribution in [-0.4, -0.2) is 64.5 Å². The minimum Gasteiger partial charge on any atom is -0.543 e. The van der Waals surface area contributed by atoms with Crippen molar-refractivity contribution < 1.29 is 99.8 Å². The second-order valence-corrected chi connectivity index (χ2v) is 11.0. The van der Waals surface area contributed by atoms with E-state index in [4.69, 9.17) is 27.8 Å². The number of halogens is 2. The molecule has 1 aromatic heterocycles. The summed E-state index contributed by atoms with van der Waals surface area (Å²) in [5.74, 6) is -3.15. The summed E-state index contributed by atoms with van der Waals surface area (Å²) < 4.78 is 65.0. The molecule has 1 aliphatic rings. The normalized spacial score (nSPS) is 15.1. The number of amides is 1. The molecule has 0 saturated carbocycles. The number of carboxylic acid groups (broad SMARTS) is 1. The first-order valence-corrected chi connectivity index (χ1v) is 13.8. The summed E-state index contributed by atoms with van der Waals surface area (Å²) in [6.07, 6.45) is 0. The number of aromatic nitrogens is 3. The number of carbonyl (C=O) groups excluding carboxylic acids is 2. The van der Waals surface area contributed by atoms with Gasteiger partial charge in [-0.15, -0.1) is 0 Å². The monoisotopic (exact) mass is 675 g/mol. The second-order valence-electron chi connectivity index (χ2n) is 7.49. The van der Waals surface area contributed by atoms with Crippen molar-refractivity contribution in [3.05, 3.63) is 53.0 Å². The third kappa shape index (κ3) is 8.49. The number of hydrogen-bond donors (Lipinski definition) is 3. The van der Waals surface area contributed by atoms with Crippen LogP contribution in [0.25, 0.3) is 0 Å². The van der Waals surface area contributed by atoms with E-state index < -0.39 is 59.3 Å². The van der Waals surface area contributed by atoms with Gasteiger partial charge in [0, 0.05) is 5.69 Å². The molecule has 42 heavy (non-hydrogen) atoms. The first-order valence-electron chi connectivity index (χ1n) is 10.2. The Labute approximate surface area is 290 Å². The molecule has 0 bridgehead atoms. The van der Waals surface area contributed by atoms with Gasteiger partial charge < -0.3 is 15.2 Å². The van der Waals surface area contributed by atoms with E-state index in [1.807, 2.05) is 0 Å². The van der Waals surface area contributed by atoms with Gasteiger partial charge in [-0.05, 0) is 65.7 Å². The molecule has 0 saturated heterocycles. The van der Waals surface area contributed by atoms with Crippen molar-refractivity contribution in [2.75, 3.05) is 10.3 Å². The van der Waals surface area contributed by atoms with Gasteiger partial charge in [0.2, 0.25) is 16.5 Å². The van der Waals surface area contributed by atoms with Crippen molar-refractivity contribution in [3.63, 3.8) is 0 Å². The summed E-state index contributed by atoms with van der Waals surface area (Å²) in [5.41, 5.74) is -1.48. The Balaban J connectivity index is 0.00000308. The van der Waals surface area contributed by atoms with E-state index >= 15 is 0 Å². The van der Waals surface area contributed by atoms with Gasteiger partial charge in [0.25, 0.3) is 26.1 Å². The zero-order valence-corrected chi connectivity index (χ0v) is 28.2. The average molecular weight is 676 g/mol. The van der Waals surface area contributed by atoms with Crippen molar-refractivity contribution >= 4 is 84.0 Å². The molecular weight excluding hydrogens is 665 g/mol. The topological polar surface area (TPSA) is 257 Å². The number of aliphatic carboxylic acids is 1. The Hall–Kier alpha value is -2.14. The van der Waals surface area contributed by atoms with Crippen LogP contribution in [0.3, 0.4) is 0 Å². The Bertz CT molecular complexity index is 1810. The first-order chi connectivity index (χ1) is 18.6. The number of azo groups is 1. The molecule has 0 aliphatic carbocycles. The third-order valence-corrected chi connectivity index (χ3v) is 6.96. The average Bonchev–Trinajstić information content (AvgIpc) is 3.17. The maximum atomic E-state index is 12.9. The van der Waals surface area contributed by atoms with Gasteiger partial charge in [-0.25, -0.2) is 0 Å². The standard InChI is InChI=1S/C19H12Cl2N8O9S2.2Na/c20-17-23-18(21)25-19(24-17)22-8-1-6-12(40(36,37)38)11(7-8)26-27-13-14(16(31)32)28-29(15(13)30)9-2-4-10(5-3-9)39(33,34)35;;/h1-7,13H,(H,31,32)(H,33,34,35)(H,36,37,38)(H,22,23,24,25);;/q;2*+1/p-1. The SMILES string of the molecule is O=C([O-])C1=NN(c2ccc(S(=O)(=O)O)cc2)C(=O)C1N=Nc1cc(Nc2nc(Cl)nc(Cl)n2)ccc1S(=O)(=O)O.[Na+].[Na+]. The fraction of sp³-hybridized carbons (Fsp3) is 0.0526. The summed E-state index contributed by atoms with van der Waals surface area (Å²) in [6.45, 7) is 0. The van der Waals surface area contributed by atoms with Crippen LogP contribution in [-0.2, 0) is 29.8 Å². The summed E-state index contributed by atoms with van der Waals surface area (Å²) in [5, 5.41) is 25.2. The Morgan fingerprint density at radius 1 is 0.952 bits per heavy atom. The van der Waals surface area contributed by atoms with Gasteiger partial charge in [-0.1, -0.05) is 0 Å². The molecule has 2 aromatic carbocycles. The van der Waals surface area contributed by atoms with E-state index in [0.717, 1.165) is 36.4 Å². The third-order valence-electron chi connectivity index (χ3n) is 4.85. The molecule has 2 heterocycles. The Morgan fingerprint density at radius 2 is 1.55 bits per heavy atom. The number of anilines is 3. The van der Waals surface area contributed by atoms with Crippen molar-refractivity contribution in [2.24, 2.45) is 15.3 Å². The van der Waals surface area contributed by atoms with E-state index in [1.165, 1.54) is 6.07 Å². The summed E-state index contributed by atoms with van der Waals surface area (Å²) in [6, 6.07) is 5.20. The second kappa shape index (κ2) is 14.1. The van der Waals surface area contributed by atoms with Gasteiger partial charge in [0.15, 0.2) is 6.04 Å². The molecule has 1 aliphatic heterocycles. The van der Waals surface area contributed by atoms with Crippen LogP contribution in [0.5, 0.6) is 0 Å². The first kappa shape index (κ1) is 36.1. The van der Waals surface area contributed by atoms with Crippen molar-refractivity contribution in [3.8, 4) is 0 Å².